The molecule has 2 aromatic rings. The topological polar surface area (TPSA) is 97.2 Å². The number of aryl methyl sites for hydroxylation is 1. The smallest absolute Gasteiger partial charge is 0.231 e. The number of rotatable bonds is 6. The fourth-order valence-corrected chi connectivity index (χ4v) is 5.84. The second-order valence-corrected chi connectivity index (χ2v) is 10.7. The van der Waals surface area contributed by atoms with Gasteiger partial charge in [0.05, 0.1) is 17.7 Å². The summed E-state index contributed by atoms with van der Waals surface area (Å²) in [6.07, 6.45) is 5.25. The normalized spacial score (nSPS) is 19.4. The van der Waals surface area contributed by atoms with Crippen molar-refractivity contribution >= 4 is 15.9 Å². The second-order valence-electron chi connectivity index (χ2n) is 8.43. The Bertz CT molecular complexity index is 1010. The number of carbonyl (C=O) groups is 1. The number of sulfonamides is 1. The maximum Gasteiger partial charge on any atom is 0.231 e. The van der Waals surface area contributed by atoms with Gasteiger partial charge in [-0.3, -0.25) is 4.79 Å². The SMILES string of the molecule is CCS(=O)(=O)N1CCC(C(=O)NCc2nnc3n2CCCCC3)(c2ccccc2)CC1. The van der Waals surface area contributed by atoms with Gasteiger partial charge in [-0.05, 0) is 38.2 Å². The van der Waals surface area contributed by atoms with Gasteiger partial charge in [0.2, 0.25) is 15.9 Å². The third kappa shape index (κ3) is 4.39. The zero-order valence-electron chi connectivity index (χ0n) is 18.1. The van der Waals surface area contributed by atoms with Crippen LogP contribution in [0.3, 0.4) is 0 Å². The van der Waals surface area contributed by atoms with E-state index in [9.17, 15) is 13.2 Å². The van der Waals surface area contributed by atoms with E-state index in [0.717, 1.165) is 43.0 Å². The number of carbonyl (C=O) groups excluding carboxylic acids is 1. The average molecular weight is 446 g/mol. The molecule has 0 radical (unpaired) electrons. The Balaban J connectivity index is 1.53. The molecule has 1 N–H and O–H groups in total. The van der Waals surface area contributed by atoms with Crippen LogP contribution in [0.1, 0.15) is 56.2 Å². The fourth-order valence-electron chi connectivity index (χ4n) is 4.74. The van der Waals surface area contributed by atoms with Gasteiger partial charge in [-0.15, -0.1) is 10.2 Å². The van der Waals surface area contributed by atoms with Crippen molar-refractivity contribution in [2.45, 2.75) is 64.0 Å². The lowest BCUT2D eigenvalue weighted by Gasteiger charge is -2.40. The molecule has 9 heteroatoms. The molecule has 1 amide bonds. The van der Waals surface area contributed by atoms with Crippen LogP contribution in [0.5, 0.6) is 0 Å². The molecule has 2 aliphatic heterocycles. The first-order valence-corrected chi connectivity index (χ1v) is 12.8. The minimum Gasteiger partial charge on any atom is -0.348 e. The molecule has 0 bridgehead atoms. The molecule has 0 unspecified atom stereocenters. The number of aromatic nitrogens is 3. The Kier molecular flexibility index (Phi) is 6.43. The molecular formula is C22H31N5O3S. The van der Waals surface area contributed by atoms with E-state index in [1.807, 2.05) is 30.3 Å². The van der Waals surface area contributed by atoms with Crippen molar-refractivity contribution in [1.29, 1.82) is 0 Å². The molecule has 8 nitrogen and oxygen atoms in total. The minimum atomic E-state index is -3.26. The van der Waals surface area contributed by atoms with Crippen molar-refractivity contribution in [3.05, 3.63) is 47.5 Å². The standard InChI is InChI=1S/C22H31N5O3S/c1-2-31(29,30)26-15-12-22(13-16-26,18-9-5-3-6-10-18)21(28)23-17-20-25-24-19-11-7-4-8-14-27(19)20/h3,5-6,9-10H,2,4,7-8,11-17H2,1H3,(H,23,28). The van der Waals surface area contributed by atoms with Crippen LogP contribution in [0.2, 0.25) is 0 Å². The Labute approximate surface area is 184 Å². The van der Waals surface area contributed by atoms with Crippen molar-refractivity contribution in [3.8, 4) is 0 Å². The lowest BCUT2D eigenvalue weighted by atomic mass is 9.72. The zero-order chi connectivity index (χ0) is 21.9. The number of hydrogen-bond acceptors (Lipinski definition) is 5. The van der Waals surface area contributed by atoms with E-state index in [4.69, 9.17) is 0 Å². The van der Waals surface area contributed by atoms with E-state index < -0.39 is 15.4 Å². The highest BCUT2D eigenvalue weighted by molar-refractivity contribution is 7.89. The van der Waals surface area contributed by atoms with Crippen LogP contribution in [-0.2, 0) is 39.7 Å². The summed E-state index contributed by atoms with van der Waals surface area (Å²) < 4.78 is 28.3. The molecule has 3 heterocycles. The van der Waals surface area contributed by atoms with Gasteiger partial charge >= 0.3 is 0 Å². The van der Waals surface area contributed by atoms with Crippen LogP contribution in [0.25, 0.3) is 0 Å². The van der Waals surface area contributed by atoms with E-state index in [2.05, 4.69) is 20.1 Å². The molecule has 168 valence electrons. The molecular weight excluding hydrogens is 414 g/mol. The first-order valence-electron chi connectivity index (χ1n) is 11.2. The zero-order valence-corrected chi connectivity index (χ0v) is 18.9. The van der Waals surface area contributed by atoms with E-state index in [0.29, 0.717) is 32.5 Å². The van der Waals surface area contributed by atoms with Crippen molar-refractivity contribution in [2.75, 3.05) is 18.8 Å². The molecule has 1 aromatic heterocycles. The van der Waals surface area contributed by atoms with Gasteiger partial charge in [0.1, 0.15) is 5.82 Å². The lowest BCUT2D eigenvalue weighted by Crippen LogP contribution is -2.53. The first-order chi connectivity index (χ1) is 15.0. The van der Waals surface area contributed by atoms with E-state index in [-0.39, 0.29) is 11.7 Å². The van der Waals surface area contributed by atoms with E-state index in [1.165, 1.54) is 10.7 Å². The van der Waals surface area contributed by atoms with Gasteiger partial charge in [-0.25, -0.2) is 12.7 Å². The number of benzene rings is 1. The van der Waals surface area contributed by atoms with Crippen molar-refractivity contribution in [1.82, 2.24) is 24.4 Å². The number of fused-ring (bicyclic) bond motifs is 1. The summed E-state index contributed by atoms with van der Waals surface area (Å²) >= 11 is 0. The Morgan fingerprint density at radius 1 is 1.06 bits per heavy atom. The number of amides is 1. The fraction of sp³-hybridized carbons (Fsp3) is 0.591. The Morgan fingerprint density at radius 3 is 2.52 bits per heavy atom. The maximum absolute atomic E-state index is 13.5. The summed E-state index contributed by atoms with van der Waals surface area (Å²) in [7, 11) is -3.26. The third-order valence-electron chi connectivity index (χ3n) is 6.69. The van der Waals surface area contributed by atoms with Crippen LogP contribution in [0.4, 0.5) is 0 Å². The molecule has 0 saturated carbocycles. The number of nitrogens with zero attached hydrogens (tertiary/aromatic N) is 4. The number of hydrogen-bond donors (Lipinski definition) is 1. The van der Waals surface area contributed by atoms with Gasteiger partial charge in [0, 0.05) is 26.1 Å². The quantitative estimate of drug-likeness (QED) is 0.734. The predicted molar refractivity (Wildman–Crippen MR) is 118 cm³/mol. The predicted octanol–water partition coefficient (Wildman–Crippen LogP) is 2.00. The molecule has 1 aromatic carbocycles. The number of nitrogens with one attached hydrogen (secondary N) is 1. The Morgan fingerprint density at radius 2 is 1.81 bits per heavy atom. The molecule has 31 heavy (non-hydrogen) atoms. The average Bonchev–Trinajstić information content (AvgIpc) is 3.03. The van der Waals surface area contributed by atoms with E-state index >= 15 is 0 Å². The largest absolute Gasteiger partial charge is 0.348 e. The van der Waals surface area contributed by atoms with Crippen LogP contribution < -0.4 is 5.32 Å². The van der Waals surface area contributed by atoms with Crippen LogP contribution in [0, 0.1) is 0 Å². The first kappa shape index (κ1) is 22.0. The molecule has 0 spiro atoms. The van der Waals surface area contributed by atoms with Gasteiger partial charge in [-0.2, -0.15) is 0 Å². The van der Waals surface area contributed by atoms with Gasteiger partial charge < -0.3 is 9.88 Å². The molecule has 0 atom stereocenters. The summed E-state index contributed by atoms with van der Waals surface area (Å²) in [5.41, 5.74) is 0.184. The summed E-state index contributed by atoms with van der Waals surface area (Å²) in [4.78, 5) is 13.5. The van der Waals surface area contributed by atoms with Gasteiger partial charge in [-0.1, -0.05) is 36.8 Å². The van der Waals surface area contributed by atoms with Gasteiger partial charge in [0.25, 0.3) is 0 Å². The van der Waals surface area contributed by atoms with Crippen LogP contribution in [-0.4, -0.2) is 52.2 Å². The molecule has 1 fully saturated rings. The molecule has 4 rings (SSSR count). The van der Waals surface area contributed by atoms with Crippen LogP contribution in [0.15, 0.2) is 30.3 Å². The van der Waals surface area contributed by atoms with E-state index in [1.54, 1.807) is 6.92 Å². The molecule has 2 aliphatic rings. The number of piperidine rings is 1. The minimum absolute atomic E-state index is 0.0711. The summed E-state index contributed by atoms with van der Waals surface area (Å²) in [5.74, 6) is 1.80. The highest BCUT2D eigenvalue weighted by Gasteiger charge is 2.44. The monoisotopic (exact) mass is 445 g/mol. The van der Waals surface area contributed by atoms with Crippen molar-refractivity contribution in [3.63, 3.8) is 0 Å². The summed E-state index contributed by atoms with van der Waals surface area (Å²) in [6.45, 7) is 3.57. The highest BCUT2D eigenvalue weighted by atomic mass is 32.2. The third-order valence-corrected chi connectivity index (χ3v) is 8.57. The second kappa shape index (κ2) is 9.08. The lowest BCUT2D eigenvalue weighted by molar-refractivity contribution is -0.128. The van der Waals surface area contributed by atoms with Crippen molar-refractivity contribution in [2.24, 2.45) is 0 Å². The molecule has 0 aliphatic carbocycles. The van der Waals surface area contributed by atoms with Crippen LogP contribution >= 0.6 is 0 Å². The van der Waals surface area contributed by atoms with Crippen molar-refractivity contribution < 1.29 is 13.2 Å². The summed E-state index contributed by atoms with van der Waals surface area (Å²) in [5, 5.41) is 11.7. The summed E-state index contributed by atoms with van der Waals surface area (Å²) in [6, 6.07) is 9.71. The van der Waals surface area contributed by atoms with Gasteiger partial charge in [0.15, 0.2) is 5.82 Å². The maximum atomic E-state index is 13.5. The Hall–Kier alpha value is -2.26. The highest BCUT2D eigenvalue weighted by Crippen LogP contribution is 2.36. The molecule has 1 saturated heterocycles.